The third-order valence-corrected chi connectivity index (χ3v) is 3.00. The van der Waals surface area contributed by atoms with Crippen LogP contribution in [-0.4, -0.2) is 75.9 Å². The molecule has 0 aliphatic carbocycles. The average molecular weight is 215 g/mol. The Hall–Kier alpha value is -0.160. The molecule has 1 fully saturated rings. The summed E-state index contributed by atoms with van der Waals surface area (Å²) in [5.74, 6) is 0. The molecule has 0 bridgehead atoms. The summed E-state index contributed by atoms with van der Waals surface area (Å²) in [5, 5.41) is 3.38. The number of nitrogens with zero attached hydrogens (tertiary/aromatic N) is 2. The molecular formula is C11H25N3O. The zero-order valence-electron chi connectivity index (χ0n) is 10.2. The highest BCUT2D eigenvalue weighted by molar-refractivity contribution is 4.69. The third kappa shape index (κ3) is 5.47. The molecule has 1 aliphatic heterocycles. The molecule has 1 saturated heterocycles. The Morgan fingerprint density at radius 3 is 2.60 bits per heavy atom. The second kappa shape index (κ2) is 8.05. The molecule has 4 nitrogen and oxygen atoms in total. The van der Waals surface area contributed by atoms with Crippen LogP contribution in [0.1, 0.15) is 6.92 Å². The molecule has 0 amide bonds. The van der Waals surface area contributed by atoms with Crippen LogP contribution in [0.4, 0.5) is 0 Å². The van der Waals surface area contributed by atoms with Gasteiger partial charge in [-0.15, -0.1) is 0 Å². The molecular weight excluding hydrogens is 190 g/mol. The summed E-state index contributed by atoms with van der Waals surface area (Å²) in [6.07, 6.45) is 0. The zero-order chi connectivity index (χ0) is 10.9. The van der Waals surface area contributed by atoms with Crippen LogP contribution in [0, 0.1) is 0 Å². The van der Waals surface area contributed by atoms with Crippen LogP contribution in [0.2, 0.25) is 0 Å². The molecule has 1 aliphatic rings. The van der Waals surface area contributed by atoms with Gasteiger partial charge in [0.15, 0.2) is 0 Å². The van der Waals surface area contributed by atoms with Gasteiger partial charge in [-0.1, -0.05) is 6.92 Å². The number of piperazine rings is 1. The van der Waals surface area contributed by atoms with Crippen LogP contribution >= 0.6 is 0 Å². The normalized spacial score (nSPS) is 18.6. The molecule has 1 heterocycles. The van der Waals surface area contributed by atoms with Gasteiger partial charge < -0.3 is 15.0 Å². The lowest BCUT2D eigenvalue weighted by atomic mass is 10.3. The molecule has 0 atom stereocenters. The highest BCUT2D eigenvalue weighted by Crippen LogP contribution is 1.94. The topological polar surface area (TPSA) is 27.7 Å². The fourth-order valence-corrected chi connectivity index (χ4v) is 1.87. The summed E-state index contributed by atoms with van der Waals surface area (Å²) in [5.41, 5.74) is 0. The maximum Gasteiger partial charge on any atom is 0.0589 e. The van der Waals surface area contributed by atoms with Crippen LogP contribution < -0.4 is 5.32 Å². The highest BCUT2D eigenvalue weighted by atomic mass is 16.5. The highest BCUT2D eigenvalue weighted by Gasteiger charge is 2.10. The molecule has 15 heavy (non-hydrogen) atoms. The maximum absolute atomic E-state index is 5.10. The van der Waals surface area contributed by atoms with Crippen molar-refractivity contribution in [2.45, 2.75) is 6.92 Å². The molecule has 0 unspecified atom stereocenters. The summed E-state index contributed by atoms with van der Waals surface area (Å²) >= 11 is 0. The van der Waals surface area contributed by atoms with Gasteiger partial charge in [0.2, 0.25) is 0 Å². The molecule has 0 aromatic carbocycles. The Bertz CT molecular complexity index is 149. The molecule has 4 heteroatoms. The van der Waals surface area contributed by atoms with Gasteiger partial charge in [-0.25, -0.2) is 0 Å². The van der Waals surface area contributed by atoms with E-state index >= 15 is 0 Å². The fourth-order valence-electron chi connectivity index (χ4n) is 1.87. The van der Waals surface area contributed by atoms with E-state index in [4.69, 9.17) is 4.74 Å². The van der Waals surface area contributed by atoms with E-state index in [0.29, 0.717) is 0 Å². The molecule has 0 saturated carbocycles. The summed E-state index contributed by atoms with van der Waals surface area (Å²) in [4.78, 5) is 4.98. The third-order valence-electron chi connectivity index (χ3n) is 3.00. The van der Waals surface area contributed by atoms with Crippen LogP contribution in [-0.2, 0) is 4.74 Å². The molecule has 0 radical (unpaired) electrons. The maximum atomic E-state index is 5.10. The summed E-state index contributed by atoms with van der Waals surface area (Å²) in [6, 6.07) is 0. The molecule has 0 spiro atoms. The van der Waals surface area contributed by atoms with Crippen molar-refractivity contribution in [2.75, 3.05) is 66.1 Å². The van der Waals surface area contributed by atoms with Crippen LogP contribution in [0.3, 0.4) is 0 Å². The number of methoxy groups -OCH3 is 1. The summed E-state index contributed by atoms with van der Waals surface area (Å²) in [6.45, 7) is 12.3. The lowest BCUT2D eigenvalue weighted by molar-refractivity contribution is 0.136. The van der Waals surface area contributed by atoms with E-state index in [1.54, 1.807) is 7.11 Å². The Morgan fingerprint density at radius 2 is 2.00 bits per heavy atom. The molecule has 0 aromatic heterocycles. The second-order valence-electron chi connectivity index (χ2n) is 4.02. The van der Waals surface area contributed by atoms with Crippen molar-refractivity contribution in [3.63, 3.8) is 0 Å². The number of hydrogen-bond donors (Lipinski definition) is 1. The first kappa shape index (κ1) is 12.9. The fraction of sp³-hybridized carbons (Fsp3) is 1.00. The standard InChI is InChI=1S/C11H25N3O/c1-3-13(10-11-15-2)8-9-14-6-4-12-5-7-14/h12H,3-11H2,1-2H3. The van der Waals surface area contributed by atoms with E-state index in [1.165, 1.54) is 26.2 Å². The van der Waals surface area contributed by atoms with E-state index in [0.717, 1.165) is 32.8 Å². The summed E-state index contributed by atoms with van der Waals surface area (Å²) in [7, 11) is 1.77. The molecule has 90 valence electrons. The minimum atomic E-state index is 0.843. The molecule has 1 rings (SSSR count). The van der Waals surface area contributed by atoms with E-state index < -0.39 is 0 Å². The van der Waals surface area contributed by atoms with Crippen molar-refractivity contribution in [2.24, 2.45) is 0 Å². The van der Waals surface area contributed by atoms with Gasteiger partial charge in [-0.2, -0.15) is 0 Å². The van der Waals surface area contributed by atoms with Gasteiger partial charge in [0.05, 0.1) is 6.61 Å². The van der Waals surface area contributed by atoms with E-state index in [-0.39, 0.29) is 0 Å². The van der Waals surface area contributed by atoms with E-state index in [2.05, 4.69) is 22.0 Å². The van der Waals surface area contributed by atoms with Crippen molar-refractivity contribution in [3.05, 3.63) is 0 Å². The minimum absolute atomic E-state index is 0.843. The average Bonchev–Trinajstić information content (AvgIpc) is 2.31. The molecule has 0 aromatic rings. The second-order valence-corrected chi connectivity index (χ2v) is 4.02. The number of ether oxygens (including phenoxy) is 1. The lowest BCUT2D eigenvalue weighted by Gasteiger charge is -2.29. The Labute approximate surface area is 93.6 Å². The first-order valence-corrected chi connectivity index (χ1v) is 6.01. The quantitative estimate of drug-likeness (QED) is 0.640. The monoisotopic (exact) mass is 215 g/mol. The van der Waals surface area contributed by atoms with Crippen LogP contribution in [0.15, 0.2) is 0 Å². The van der Waals surface area contributed by atoms with Gasteiger partial charge in [0, 0.05) is 52.9 Å². The SMILES string of the molecule is CCN(CCOC)CCN1CCNCC1. The first-order valence-electron chi connectivity index (χ1n) is 6.01. The Morgan fingerprint density at radius 1 is 1.27 bits per heavy atom. The predicted molar refractivity (Wildman–Crippen MR) is 63.3 cm³/mol. The van der Waals surface area contributed by atoms with Gasteiger partial charge >= 0.3 is 0 Å². The van der Waals surface area contributed by atoms with Crippen LogP contribution in [0.25, 0.3) is 0 Å². The Kier molecular flexibility index (Phi) is 6.92. The Balaban J connectivity index is 2.09. The first-order chi connectivity index (χ1) is 7.36. The number of likely N-dealkylation sites (N-methyl/N-ethyl adjacent to an activating group) is 1. The van der Waals surface area contributed by atoms with E-state index in [1.807, 2.05) is 0 Å². The molecule has 1 N–H and O–H groups in total. The minimum Gasteiger partial charge on any atom is -0.383 e. The van der Waals surface area contributed by atoms with Crippen molar-refractivity contribution in [3.8, 4) is 0 Å². The van der Waals surface area contributed by atoms with Crippen molar-refractivity contribution in [1.29, 1.82) is 0 Å². The van der Waals surface area contributed by atoms with Gasteiger partial charge in [-0.05, 0) is 6.54 Å². The van der Waals surface area contributed by atoms with Crippen molar-refractivity contribution < 1.29 is 4.74 Å². The van der Waals surface area contributed by atoms with Crippen molar-refractivity contribution >= 4 is 0 Å². The smallest absolute Gasteiger partial charge is 0.0589 e. The number of nitrogens with one attached hydrogen (secondary N) is 1. The van der Waals surface area contributed by atoms with Crippen LogP contribution in [0.5, 0.6) is 0 Å². The summed E-state index contributed by atoms with van der Waals surface area (Å²) < 4.78 is 5.10. The van der Waals surface area contributed by atoms with E-state index in [9.17, 15) is 0 Å². The number of hydrogen-bond acceptors (Lipinski definition) is 4. The lowest BCUT2D eigenvalue weighted by Crippen LogP contribution is -2.46. The van der Waals surface area contributed by atoms with Gasteiger partial charge in [-0.3, -0.25) is 4.90 Å². The number of rotatable bonds is 7. The zero-order valence-corrected chi connectivity index (χ0v) is 10.2. The van der Waals surface area contributed by atoms with Gasteiger partial charge in [0.25, 0.3) is 0 Å². The van der Waals surface area contributed by atoms with Crippen molar-refractivity contribution in [1.82, 2.24) is 15.1 Å². The largest absolute Gasteiger partial charge is 0.383 e. The van der Waals surface area contributed by atoms with Gasteiger partial charge in [0.1, 0.15) is 0 Å². The predicted octanol–water partition coefficient (Wildman–Crippen LogP) is -0.140.